The fourth-order valence-corrected chi connectivity index (χ4v) is 1.50. The first-order valence-corrected chi connectivity index (χ1v) is 5.94. The number of ether oxygens (including phenoxy) is 1. The molecule has 0 aliphatic heterocycles. The molecular formula is C14H15N3O2. The number of aromatic hydroxyl groups is 1. The van der Waals surface area contributed by atoms with Gasteiger partial charge in [0.15, 0.2) is 11.5 Å². The summed E-state index contributed by atoms with van der Waals surface area (Å²) in [4.78, 5) is 3.91. The minimum absolute atomic E-state index is 0.106. The Balaban J connectivity index is 2.01. The first kappa shape index (κ1) is 12.9. The second kappa shape index (κ2) is 6.39. The van der Waals surface area contributed by atoms with Gasteiger partial charge in [0, 0.05) is 12.4 Å². The van der Waals surface area contributed by atoms with Gasteiger partial charge in [-0.25, -0.2) is 0 Å². The zero-order valence-electron chi connectivity index (χ0n) is 10.6. The van der Waals surface area contributed by atoms with Crippen LogP contribution in [0.25, 0.3) is 0 Å². The SMILES string of the molecule is CCOc1ccc(/C=N/Nc2ccncc2)cc1O. The van der Waals surface area contributed by atoms with Crippen LogP contribution in [0.4, 0.5) is 5.69 Å². The average Bonchev–Trinajstić information content (AvgIpc) is 2.43. The van der Waals surface area contributed by atoms with Gasteiger partial charge in [0.05, 0.1) is 18.5 Å². The lowest BCUT2D eigenvalue weighted by Gasteiger charge is -2.05. The first-order valence-electron chi connectivity index (χ1n) is 5.94. The maximum absolute atomic E-state index is 9.72. The molecule has 19 heavy (non-hydrogen) atoms. The van der Waals surface area contributed by atoms with Gasteiger partial charge in [0.1, 0.15) is 0 Å². The molecule has 0 saturated heterocycles. The predicted molar refractivity (Wildman–Crippen MR) is 74.7 cm³/mol. The Kier molecular flexibility index (Phi) is 4.34. The number of pyridine rings is 1. The van der Waals surface area contributed by atoms with Crippen molar-refractivity contribution in [3.8, 4) is 11.5 Å². The maximum atomic E-state index is 9.72. The molecule has 0 aliphatic carbocycles. The fraction of sp³-hybridized carbons (Fsp3) is 0.143. The predicted octanol–water partition coefficient (Wildman–Crippen LogP) is 2.63. The third-order valence-electron chi connectivity index (χ3n) is 2.37. The van der Waals surface area contributed by atoms with Crippen LogP contribution in [0.5, 0.6) is 11.5 Å². The second-order valence-electron chi connectivity index (χ2n) is 3.77. The van der Waals surface area contributed by atoms with Gasteiger partial charge in [-0.1, -0.05) is 0 Å². The molecule has 0 amide bonds. The summed E-state index contributed by atoms with van der Waals surface area (Å²) in [5.41, 5.74) is 4.50. The van der Waals surface area contributed by atoms with Gasteiger partial charge in [0.25, 0.3) is 0 Å². The smallest absolute Gasteiger partial charge is 0.160 e. The fourth-order valence-electron chi connectivity index (χ4n) is 1.50. The van der Waals surface area contributed by atoms with E-state index in [0.717, 1.165) is 11.3 Å². The molecule has 1 aromatic carbocycles. The van der Waals surface area contributed by atoms with Crippen molar-refractivity contribution in [1.82, 2.24) is 4.98 Å². The third-order valence-corrected chi connectivity index (χ3v) is 2.37. The molecule has 0 fully saturated rings. The van der Waals surface area contributed by atoms with Gasteiger partial charge in [-0.3, -0.25) is 10.4 Å². The van der Waals surface area contributed by atoms with Crippen molar-refractivity contribution in [2.75, 3.05) is 12.0 Å². The van der Waals surface area contributed by atoms with Crippen molar-refractivity contribution in [3.63, 3.8) is 0 Å². The van der Waals surface area contributed by atoms with Crippen molar-refractivity contribution in [1.29, 1.82) is 0 Å². The highest BCUT2D eigenvalue weighted by Crippen LogP contribution is 2.26. The Bertz CT molecular complexity index is 556. The Hall–Kier alpha value is -2.56. The molecule has 0 atom stereocenters. The number of hydrazone groups is 1. The van der Waals surface area contributed by atoms with E-state index in [0.29, 0.717) is 12.4 Å². The van der Waals surface area contributed by atoms with Gasteiger partial charge >= 0.3 is 0 Å². The number of benzene rings is 1. The molecule has 5 heteroatoms. The van der Waals surface area contributed by atoms with Crippen LogP contribution >= 0.6 is 0 Å². The van der Waals surface area contributed by atoms with E-state index < -0.39 is 0 Å². The molecule has 0 unspecified atom stereocenters. The molecule has 2 N–H and O–H groups in total. The lowest BCUT2D eigenvalue weighted by atomic mass is 10.2. The number of hydrogen-bond acceptors (Lipinski definition) is 5. The standard InChI is InChI=1S/C14H15N3O2/c1-2-19-14-4-3-11(9-13(14)18)10-16-17-12-5-7-15-8-6-12/h3-10,18H,2H2,1H3,(H,15,17)/b16-10+. The number of nitrogens with one attached hydrogen (secondary N) is 1. The van der Waals surface area contributed by atoms with Crippen LogP contribution in [0.1, 0.15) is 12.5 Å². The van der Waals surface area contributed by atoms with Crippen LogP contribution in [0.3, 0.4) is 0 Å². The molecule has 2 rings (SSSR count). The molecule has 98 valence electrons. The zero-order valence-corrected chi connectivity index (χ0v) is 10.6. The average molecular weight is 257 g/mol. The number of phenolic OH excluding ortho intramolecular Hbond substituents is 1. The van der Waals surface area contributed by atoms with E-state index in [9.17, 15) is 5.11 Å². The normalized spacial score (nSPS) is 10.6. The number of phenols is 1. The van der Waals surface area contributed by atoms with Crippen LogP contribution < -0.4 is 10.2 Å². The van der Waals surface area contributed by atoms with Crippen molar-refractivity contribution in [3.05, 3.63) is 48.3 Å². The quantitative estimate of drug-likeness (QED) is 0.638. The maximum Gasteiger partial charge on any atom is 0.160 e. The van der Waals surface area contributed by atoms with E-state index in [2.05, 4.69) is 15.5 Å². The number of nitrogens with zero attached hydrogens (tertiary/aromatic N) is 2. The lowest BCUT2D eigenvalue weighted by molar-refractivity contribution is 0.318. The van der Waals surface area contributed by atoms with Crippen molar-refractivity contribution < 1.29 is 9.84 Å². The molecule has 0 aliphatic rings. The Morgan fingerprint density at radius 1 is 1.32 bits per heavy atom. The van der Waals surface area contributed by atoms with Crippen molar-refractivity contribution >= 4 is 11.9 Å². The van der Waals surface area contributed by atoms with Gasteiger partial charge in [-0.05, 0) is 42.8 Å². The monoisotopic (exact) mass is 257 g/mol. The molecule has 0 spiro atoms. The number of hydrogen-bond donors (Lipinski definition) is 2. The summed E-state index contributed by atoms with van der Waals surface area (Å²) in [6.07, 6.45) is 4.98. The van der Waals surface area contributed by atoms with E-state index in [-0.39, 0.29) is 5.75 Å². The summed E-state index contributed by atoms with van der Waals surface area (Å²) < 4.78 is 5.25. The Labute approximate surface area is 111 Å². The van der Waals surface area contributed by atoms with Crippen LogP contribution in [-0.4, -0.2) is 22.9 Å². The van der Waals surface area contributed by atoms with Crippen LogP contribution in [0.2, 0.25) is 0 Å². The first-order chi connectivity index (χ1) is 9.29. The van der Waals surface area contributed by atoms with Crippen LogP contribution in [-0.2, 0) is 0 Å². The van der Waals surface area contributed by atoms with E-state index in [1.807, 2.05) is 25.1 Å². The van der Waals surface area contributed by atoms with Crippen LogP contribution in [0, 0.1) is 0 Å². The zero-order chi connectivity index (χ0) is 13.5. The lowest BCUT2D eigenvalue weighted by Crippen LogP contribution is -1.93. The topological polar surface area (TPSA) is 66.7 Å². The number of rotatable bonds is 5. The van der Waals surface area contributed by atoms with E-state index >= 15 is 0 Å². The van der Waals surface area contributed by atoms with Gasteiger partial charge in [0.2, 0.25) is 0 Å². The summed E-state index contributed by atoms with van der Waals surface area (Å²) in [6, 6.07) is 8.76. The number of anilines is 1. The minimum Gasteiger partial charge on any atom is -0.504 e. The Morgan fingerprint density at radius 2 is 2.11 bits per heavy atom. The van der Waals surface area contributed by atoms with Crippen molar-refractivity contribution in [2.45, 2.75) is 6.92 Å². The molecule has 2 aromatic rings. The van der Waals surface area contributed by atoms with E-state index in [1.165, 1.54) is 0 Å². The highest BCUT2D eigenvalue weighted by Gasteiger charge is 2.01. The third kappa shape index (κ3) is 3.70. The Morgan fingerprint density at radius 3 is 2.79 bits per heavy atom. The summed E-state index contributed by atoms with van der Waals surface area (Å²) in [7, 11) is 0. The van der Waals surface area contributed by atoms with E-state index in [1.54, 1.807) is 30.7 Å². The molecule has 1 aromatic heterocycles. The summed E-state index contributed by atoms with van der Waals surface area (Å²) in [6.45, 7) is 2.39. The molecular weight excluding hydrogens is 242 g/mol. The van der Waals surface area contributed by atoms with E-state index in [4.69, 9.17) is 4.74 Å². The minimum atomic E-state index is 0.106. The summed E-state index contributed by atoms with van der Waals surface area (Å²) >= 11 is 0. The molecule has 5 nitrogen and oxygen atoms in total. The molecule has 0 saturated carbocycles. The highest BCUT2D eigenvalue weighted by molar-refractivity contribution is 5.81. The second-order valence-corrected chi connectivity index (χ2v) is 3.77. The van der Waals surface area contributed by atoms with Crippen LogP contribution in [0.15, 0.2) is 47.8 Å². The van der Waals surface area contributed by atoms with Crippen molar-refractivity contribution in [2.24, 2.45) is 5.10 Å². The van der Waals surface area contributed by atoms with Gasteiger partial charge < -0.3 is 9.84 Å². The summed E-state index contributed by atoms with van der Waals surface area (Å²) in [5, 5.41) is 13.8. The largest absolute Gasteiger partial charge is 0.504 e. The summed E-state index contributed by atoms with van der Waals surface area (Å²) in [5.74, 6) is 0.580. The molecule has 0 radical (unpaired) electrons. The molecule has 0 bridgehead atoms. The molecule has 1 heterocycles. The van der Waals surface area contributed by atoms with Gasteiger partial charge in [-0.15, -0.1) is 0 Å². The highest BCUT2D eigenvalue weighted by atomic mass is 16.5. The number of aromatic nitrogens is 1. The van der Waals surface area contributed by atoms with Gasteiger partial charge in [-0.2, -0.15) is 5.10 Å².